The zero-order valence-corrected chi connectivity index (χ0v) is 12.9. The number of carboxylic acid groups (broad SMARTS) is 1. The van der Waals surface area contributed by atoms with E-state index < -0.39 is 5.97 Å². The lowest BCUT2D eigenvalue weighted by Crippen LogP contribution is -2.41. The van der Waals surface area contributed by atoms with E-state index in [4.69, 9.17) is 5.11 Å². The Hall–Kier alpha value is -2.30. The molecule has 0 radical (unpaired) electrons. The lowest BCUT2D eigenvalue weighted by molar-refractivity contribution is -0.139. The number of carboxylic acids is 1. The Morgan fingerprint density at radius 3 is 2.61 bits per heavy atom. The van der Waals surface area contributed by atoms with Crippen LogP contribution in [0.5, 0.6) is 0 Å². The average molecular weight is 312 g/mol. The Kier molecular flexibility index (Phi) is 3.18. The number of hydrogen-bond acceptors (Lipinski definition) is 2. The van der Waals surface area contributed by atoms with Crippen LogP contribution in [0.3, 0.4) is 0 Å². The van der Waals surface area contributed by atoms with Crippen molar-refractivity contribution in [1.29, 1.82) is 0 Å². The maximum absolute atomic E-state index is 12.5. The summed E-state index contributed by atoms with van der Waals surface area (Å²) in [4.78, 5) is 25.5. The van der Waals surface area contributed by atoms with Gasteiger partial charge in [-0.05, 0) is 42.2 Å². The first-order chi connectivity index (χ1) is 11.1. The molecular weight excluding hydrogens is 292 g/mol. The number of fused-ring (bicyclic) bond motifs is 1. The van der Waals surface area contributed by atoms with Gasteiger partial charge >= 0.3 is 5.97 Å². The highest BCUT2D eigenvalue weighted by molar-refractivity contribution is 5.83. The van der Waals surface area contributed by atoms with Gasteiger partial charge in [-0.15, -0.1) is 0 Å². The Labute approximate surface area is 134 Å². The van der Waals surface area contributed by atoms with E-state index in [2.05, 4.69) is 0 Å². The molecule has 4 rings (SSSR count). The highest BCUT2D eigenvalue weighted by atomic mass is 16.4. The number of aromatic nitrogens is 1. The molecule has 1 unspecified atom stereocenters. The Bertz CT molecular complexity index is 771. The maximum atomic E-state index is 12.5. The molecule has 1 saturated heterocycles. The number of benzene rings is 1. The third-order valence-electron chi connectivity index (χ3n) is 5.59. The van der Waals surface area contributed by atoms with E-state index in [1.807, 2.05) is 46.0 Å². The minimum Gasteiger partial charge on any atom is -0.481 e. The first-order valence-electron chi connectivity index (χ1n) is 8.14. The summed E-state index contributed by atoms with van der Waals surface area (Å²) in [6, 6.07) is 10.1. The second-order valence-electron chi connectivity index (χ2n) is 6.84. The van der Waals surface area contributed by atoms with Crippen molar-refractivity contribution in [3.63, 3.8) is 0 Å². The zero-order valence-electron chi connectivity index (χ0n) is 12.9. The summed E-state index contributed by atoms with van der Waals surface area (Å²) in [6.45, 7) is 1.71. The molecule has 2 aliphatic rings. The van der Waals surface area contributed by atoms with Gasteiger partial charge in [-0.3, -0.25) is 9.59 Å². The van der Waals surface area contributed by atoms with Gasteiger partial charge in [0.2, 0.25) is 5.91 Å². The molecule has 120 valence electrons. The fourth-order valence-corrected chi connectivity index (χ4v) is 3.98. The summed E-state index contributed by atoms with van der Waals surface area (Å²) in [6.07, 6.45) is 4.38. The van der Waals surface area contributed by atoms with Crippen LogP contribution in [0.15, 0.2) is 36.5 Å². The number of amides is 1. The van der Waals surface area contributed by atoms with Gasteiger partial charge < -0.3 is 14.6 Å². The second kappa shape index (κ2) is 5.11. The molecule has 5 nitrogen and oxygen atoms in total. The summed E-state index contributed by atoms with van der Waals surface area (Å²) in [7, 11) is 0. The third-order valence-corrected chi connectivity index (χ3v) is 5.59. The van der Waals surface area contributed by atoms with E-state index in [9.17, 15) is 9.59 Å². The van der Waals surface area contributed by atoms with Crippen LogP contribution in [0, 0.1) is 11.3 Å². The quantitative estimate of drug-likeness (QED) is 0.946. The monoisotopic (exact) mass is 312 g/mol. The van der Waals surface area contributed by atoms with Gasteiger partial charge in [-0.25, -0.2) is 0 Å². The third kappa shape index (κ3) is 2.40. The lowest BCUT2D eigenvalue weighted by atomic mass is 9.91. The first-order valence-corrected chi connectivity index (χ1v) is 8.14. The summed E-state index contributed by atoms with van der Waals surface area (Å²) >= 11 is 0. The summed E-state index contributed by atoms with van der Waals surface area (Å²) < 4.78 is 1.99. The normalized spacial score (nSPS) is 22.4. The SMILES string of the molecule is O=C(O)C1CC12CCN(C(=O)Cn1ccc3ccccc31)CC2. The number of piperidine rings is 1. The summed E-state index contributed by atoms with van der Waals surface area (Å²) in [5, 5.41) is 10.3. The molecule has 5 heteroatoms. The fourth-order valence-electron chi connectivity index (χ4n) is 3.98. The molecule has 2 fully saturated rings. The van der Waals surface area contributed by atoms with Crippen molar-refractivity contribution in [3.8, 4) is 0 Å². The van der Waals surface area contributed by atoms with Gasteiger partial charge in [0.05, 0.1) is 5.92 Å². The van der Waals surface area contributed by atoms with Gasteiger partial charge in [-0.1, -0.05) is 18.2 Å². The van der Waals surface area contributed by atoms with Crippen LogP contribution >= 0.6 is 0 Å². The van der Waals surface area contributed by atoms with Gasteiger partial charge in [0.15, 0.2) is 0 Å². The molecule has 1 aliphatic carbocycles. The van der Waals surface area contributed by atoms with E-state index in [1.54, 1.807) is 0 Å². The largest absolute Gasteiger partial charge is 0.481 e. The molecule has 1 saturated carbocycles. The molecule has 1 atom stereocenters. The van der Waals surface area contributed by atoms with Crippen LogP contribution in [0.1, 0.15) is 19.3 Å². The molecule has 1 spiro atoms. The topological polar surface area (TPSA) is 62.5 Å². The number of rotatable bonds is 3. The van der Waals surface area contributed by atoms with Crippen LogP contribution < -0.4 is 0 Å². The Morgan fingerprint density at radius 1 is 1.17 bits per heavy atom. The molecule has 23 heavy (non-hydrogen) atoms. The van der Waals surface area contributed by atoms with Crippen molar-refractivity contribution in [2.75, 3.05) is 13.1 Å². The minimum atomic E-state index is -0.677. The van der Waals surface area contributed by atoms with Gasteiger partial charge in [0.1, 0.15) is 6.54 Å². The van der Waals surface area contributed by atoms with E-state index in [0.717, 1.165) is 30.2 Å². The van der Waals surface area contributed by atoms with E-state index >= 15 is 0 Å². The molecule has 2 heterocycles. The van der Waals surface area contributed by atoms with Crippen molar-refractivity contribution in [3.05, 3.63) is 36.5 Å². The van der Waals surface area contributed by atoms with E-state index in [1.165, 1.54) is 0 Å². The van der Waals surface area contributed by atoms with Crippen molar-refractivity contribution in [2.45, 2.75) is 25.8 Å². The molecule has 1 amide bonds. The predicted molar refractivity (Wildman–Crippen MR) is 85.9 cm³/mol. The van der Waals surface area contributed by atoms with Crippen molar-refractivity contribution in [2.24, 2.45) is 11.3 Å². The lowest BCUT2D eigenvalue weighted by Gasteiger charge is -2.32. The number of carbonyl (C=O) groups is 2. The molecule has 1 aliphatic heterocycles. The van der Waals surface area contributed by atoms with E-state index in [0.29, 0.717) is 19.6 Å². The van der Waals surface area contributed by atoms with Crippen LogP contribution in [0.2, 0.25) is 0 Å². The number of likely N-dealkylation sites (tertiary alicyclic amines) is 1. The Morgan fingerprint density at radius 2 is 1.91 bits per heavy atom. The number of carbonyl (C=O) groups excluding carboxylic acids is 1. The number of aliphatic carboxylic acids is 1. The smallest absolute Gasteiger partial charge is 0.307 e. The molecular formula is C18H20N2O3. The molecule has 1 aromatic carbocycles. The fraction of sp³-hybridized carbons (Fsp3) is 0.444. The van der Waals surface area contributed by atoms with Crippen molar-refractivity contribution in [1.82, 2.24) is 9.47 Å². The van der Waals surface area contributed by atoms with Gasteiger partial charge in [-0.2, -0.15) is 0 Å². The Balaban J connectivity index is 1.40. The predicted octanol–water partition coefficient (Wildman–Crippen LogP) is 2.35. The highest BCUT2D eigenvalue weighted by Gasteiger charge is 2.59. The molecule has 1 N–H and O–H groups in total. The first kappa shape index (κ1) is 14.3. The standard InChI is InChI=1S/C18H20N2O3/c21-16(12-20-8-5-13-3-1-2-4-15(13)20)19-9-6-18(7-10-19)11-14(18)17(22)23/h1-5,8,14H,6-7,9-12H2,(H,22,23). The molecule has 0 bridgehead atoms. The second-order valence-corrected chi connectivity index (χ2v) is 6.84. The summed E-state index contributed by atoms with van der Waals surface area (Å²) in [5.74, 6) is -0.745. The number of hydrogen-bond donors (Lipinski definition) is 1. The number of nitrogens with zero attached hydrogens (tertiary/aromatic N) is 2. The van der Waals surface area contributed by atoms with Crippen LogP contribution in [-0.2, 0) is 16.1 Å². The average Bonchev–Trinajstić information content (AvgIpc) is 3.11. The van der Waals surface area contributed by atoms with Gasteiger partial charge in [0.25, 0.3) is 0 Å². The van der Waals surface area contributed by atoms with Crippen molar-refractivity contribution < 1.29 is 14.7 Å². The maximum Gasteiger partial charge on any atom is 0.307 e. The number of para-hydroxylation sites is 1. The van der Waals surface area contributed by atoms with Crippen LogP contribution in [-0.4, -0.2) is 39.5 Å². The molecule has 2 aromatic rings. The van der Waals surface area contributed by atoms with E-state index in [-0.39, 0.29) is 17.2 Å². The minimum absolute atomic E-state index is 0.0250. The highest BCUT2D eigenvalue weighted by Crippen LogP contribution is 2.59. The zero-order chi connectivity index (χ0) is 16.0. The van der Waals surface area contributed by atoms with Gasteiger partial charge in [0, 0.05) is 24.8 Å². The summed E-state index contributed by atoms with van der Waals surface area (Å²) in [5.41, 5.74) is 1.05. The van der Waals surface area contributed by atoms with Crippen LogP contribution in [0.25, 0.3) is 10.9 Å². The van der Waals surface area contributed by atoms with Crippen molar-refractivity contribution >= 4 is 22.8 Å². The molecule has 1 aromatic heterocycles. The van der Waals surface area contributed by atoms with Crippen LogP contribution in [0.4, 0.5) is 0 Å².